The second-order valence-electron chi connectivity index (χ2n) is 7.79. The monoisotopic (exact) mass is 428 g/mol. The molecule has 0 amide bonds. The van der Waals surface area contributed by atoms with Crippen LogP contribution in [0, 0.1) is 0 Å². The van der Waals surface area contributed by atoms with E-state index in [2.05, 4.69) is 9.21 Å². The van der Waals surface area contributed by atoms with Crippen molar-refractivity contribution >= 4 is 33.5 Å². The number of nitrogens with one attached hydrogen (secondary N) is 2. The summed E-state index contributed by atoms with van der Waals surface area (Å²) in [5.74, 6) is 0. The van der Waals surface area contributed by atoms with Gasteiger partial charge in [-0.2, -0.15) is 0 Å². The van der Waals surface area contributed by atoms with Crippen LogP contribution in [0.3, 0.4) is 0 Å². The first-order valence-electron chi connectivity index (χ1n) is 9.78. The van der Waals surface area contributed by atoms with E-state index in [9.17, 15) is 8.42 Å². The molecular weight excluding hydrogens is 399 g/mol. The van der Waals surface area contributed by atoms with Crippen LogP contribution in [0.15, 0.2) is 91.0 Å². The SMILES string of the molecule is CCC(C)(C)NS(=O)(=O)N[PH](c1ccccc1)(c1ccccc1)c1ccccc1. The first-order chi connectivity index (χ1) is 13.8. The third kappa shape index (κ3) is 4.93. The van der Waals surface area contributed by atoms with Crippen LogP contribution in [0.5, 0.6) is 0 Å². The topological polar surface area (TPSA) is 58.2 Å². The van der Waals surface area contributed by atoms with Crippen LogP contribution < -0.4 is 25.1 Å². The molecule has 0 spiro atoms. The molecule has 0 radical (unpaired) electrons. The second kappa shape index (κ2) is 8.76. The Labute approximate surface area is 175 Å². The second-order valence-corrected chi connectivity index (χ2v) is 13.1. The number of rotatable bonds is 8. The van der Waals surface area contributed by atoms with E-state index in [-0.39, 0.29) is 0 Å². The van der Waals surface area contributed by atoms with Gasteiger partial charge in [0.15, 0.2) is 0 Å². The summed E-state index contributed by atoms with van der Waals surface area (Å²) in [7, 11) is -6.86. The Morgan fingerprint density at radius 2 is 1.07 bits per heavy atom. The van der Waals surface area contributed by atoms with Crippen molar-refractivity contribution in [2.24, 2.45) is 0 Å². The zero-order valence-corrected chi connectivity index (χ0v) is 18.9. The summed E-state index contributed by atoms with van der Waals surface area (Å²) in [5, 5.41) is 2.95. The molecule has 6 heteroatoms. The third-order valence-electron chi connectivity index (χ3n) is 5.20. The first kappa shape index (κ1) is 21.7. The molecule has 3 aromatic carbocycles. The fraction of sp³-hybridized carbons (Fsp3) is 0.217. The van der Waals surface area contributed by atoms with E-state index in [0.29, 0.717) is 6.42 Å². The van der Waals surface area contributed by atoms with Gasteiger partial charge in [-0.15, -0.1) is 0 Å². The molecule has 0 aliphatic heterocycles. The molecule has 0 aliphatic carbocycles. The maximum absolute atomic E-state index is 13.4. The van der Waals surface area contributed by atoms with Crippen LogP contribution in [0.25, 0.3) is 0 Å². The average Bonchev–Trinajstić information content (AvgIpc) is 2.73. The van der Waals surface area contributed by atoms with E-state index in [1.807, 2.05) is 112 Å². The summed E-state index contributed by atoms with van der Waals surface area (Å²) in [6, 6.07) is 29.7. The molecule has 2 N–H and O–H groups in total. The predicted molar refractivity (Wildman–Crippen MR) is 126 cm³/mol. The van der Waals surface area contributed by atoms with Crippen LogP contribution in [-0.2, 0) is 10.2 Å². The molecule has 0 unspecified atom stereocenters. The standard InChI is InChI=1S/C23H29N2O2PS/c1-4-23(2,3)24-29(26,27)25-28(20-14-8-5-9-15-20,21-16-10-6-11-17-21)22-18-12-7-13-19-22/h5-19,24-25,28H,4H2,1-3H3. The maximum atomic E-state index is 13.4. The van der Waals surface area contributed by atoms with Crippen molar-refractivity contribution in [2.75, 3.05) is 0 Å². The minimum absolute atomic E-state index is 0.546. The molecule has 4 nitrogen and oxygen atoms in total. The molecule has 0 aliphatic rings. The zero-order chi connectivity index (χ0) is 21.0. The van der Waals surface area contributed by atoms with Gasteiger partial charge in [0.05, 0.1) is 0 Å². The summed E-state index contributed by atoms with van der Waals surface area (Å²) >= 11 is 0. The van der Waals surface area contributed by atoms with Crippen LogP contribution in [-0.4, -0.2) is 14.0 Å². The Balaban J connectivity index is 2.26. The predicted octanol–water partition coefficient (Wildman–Crippen LogP) is 3.24. The van der Waals surface area contributed by atoms with Gasteiger partial charge in [-0.25, -0.2) is 0 Å². The van der Waals surface area contributed by atoms with Gasteiger partial charge in [0.2, 0.25) is 0 Å². The van der Waals surface area contributed by atoms with Gasteiger partial charge in [0.1, 0.15) is 0 Å². The summed E-state index contributed by atoms with van der Waals surface area (Å²) < 4.78 is 32.7. The van der Waals surface area contributed by atoms with E-state index in [0.717, 1.165) is 15.9 Å². The average molecular weight is 429 g/mol. The van der Waals surface area contributed by atoms with Gasteiger partial charge in [0, 0.05) is 0 Å². The van der Waals surface area contributed by atoms with Crippen LogP contribution in [0.1, 0.15) is 27.2 Å². The van der Waals surface area contributed by atoms with Gasteiger partial charge in [-0.05, 0) is 0 Å². The summed E-state index contributed by atoms with van der Waals surface area (Å²) in [6.07, 6.45) is 0.685. The van der Waals surface area contributed by atoms with Crippen LogP contribution in [0.2, 0.25) is 0 Å². The van der Waals surface area contributed by atoms with Crippen LogP contribution in [0.4, 0.5) is 0 Å². The van der Waals surface area contributed by atoms with E-state index < -0.39 is 23.2 Å². The summed E-state index contributed by atoms with van der Waals surface area (Å²) in [5.41, 5.74) is -0.546. The van der Waals surface area contributed by atoms with E-state index in [1.54, 1.807) is 0 Å². The molecule has 154 valence electrons. The minimum atomic E-state index is -3.79. The van der Waals surface area contributed by atoms with Crippen molar-refractivity contribution in [1.29, 1.82) is 0 Å². The van der Waals surface area contributed by atoms with Crippen molar-refractivity contribution in [2.45, 2.75) is 32.7 Å². The Hall–Kier alpha value is -2.04. The van der Waals surface area contributed by atoms with Gasteiger partial charge in [-0.1, -0.05) is 0 Å². The fourth-order valence-electron chi connectivity index (χ4n) is 3.40. The third-order valence-corrected chi connectivity index (χ3v) is 11.9. The summed E-state index contributed by atoms with van der Waals surface area (Å²) in [4.78, 5) is 0. The van der Waals surface area contributed by atoms with Crippen molar-refractivity contribution in [3.63, 3.8) is 0 Å². The zero-order valence-electron chi connectivity index (χ0n) is 17.1. The molecule has 0 bridgehead atoms. The molecule has 3 rings (SSSR count). The number of benzene rings is 3. The Morgan fingerprint density at radius 3 is 1.38 bits per heavy atom. The van der Waals surface area contributed by atoms with Crippen molar-refractivity contribution in [1.82, 2.24) is 9.21 Å². The van der Waals surface area contributed by atoms with Crippen molar-refractivity contribution < 1.29 is 8.42 Å². The van der Waals surface area contributed by atoms with E-state index in [4.69, 9.17) is 0 Å². The van der Waals surface area contributed by atoms with Gasteiger partial charge < -0.3 is 0 Å². The van der Waals surface area contributed by atoms with Gasteiger partial charge >= 0.3 is 175 Å². The molecule has 0 heterocycles. The fourth-order valence-corrected chi connectivity index (χ4v) is 10.6. The normalized spacial score (nSPS) is 13.2. The van der Waals surface area contributed by atoms with Gasteiger partial charge in [0.25, 0.3) is 0 Å². The Morgan fingerprint density at radius 1 is 0.724 bits per heavy atom. The summed E-state index contributed by atoms with van der Waals surface area (Å²) in [6.45, 7) is 5.75. The molecule has 0 aromatic heterocycles. The molecule has 0 saturated carbocycles. The van der Waals surface area contributed by atoms with Crippen LogP contribution >= 0.6 is 7.41 Å². The van der Waals surface area contributed by atoms with Crippen molar-refractivity contribution in [3.05, 3.63) is 91.0 Å². The molecule has 3 aromatic rings. The Bertz CT molecular complexity index is 928. The van der Waals surface area contributed by atoms with E-state index >= 15 is 0 Å². The number of hydrogen-bond donors (Lipinski definition) is 2. The Kier molecular flexibility index (Phi) is 6.55. The van der Waals surface area contributed by atoms with E-state index in [1.165, 1.54) is 0 Å². The number of hydrogen-bond acceptors (Lipinski definition) is 2. The van der Waals surface area contributed by atoms with Gasteiger partial charge in [-0.3, -0.25) is 0 Å². The van der Waals surface area contributed by atoms with Crippen molar-refractivity contribution in [3.8, 4) is 0 Å². The molecule has 29 heavy (non-hydrogen) atoms. The molecule has 0 atom stereocenters. The first-order valence-corrected chi connectivity index (χ1v) is 13.3. The quantitative estimate of drug-likeness (QED) is 0.541. The molecule has 0 saturated heterocycles. The molecular formula is C23H29N2O2PS. The molecule has 0 fully saturated rings.